The maximum atomic E-state index is 11.4. The average molecular weight is 245 g/mol. The van der Waals surface area contributed by atoms with Crippen LogP contribution in [-0.4, -0.2) is 29.4 Å². The molecule has 0 spiro atoms. The maximum Gasteiger partial charge on any atom is 0.229 e. The summed E-state index contributed by atoms with van der Waals surface area (Å²) in [6, 6.07) is 10.0. The molecular weight excluding hydrogens is 230 g/mol. The van der Waals surface area contributed by atoms with Gasteiger partial charge in [0.15, 0.2) is 0 Å². The number of likely N-dealkylation sites (tertiary alicyclic amines) is 1. The van der Waals surface area contributed by atoms with Crippen LogP contribution in [0.15, 0.2) is 30.3 Å². The number of epoxide rings is 1. The second kappa shape index (κ2) is 4.53. The molecule has 94 valence electrons. The molecule has 2 heterocycles. The fraction of sp³-hybridized carbons (Fsp3) is 0.429. The number of rotatable bonds is 4. The number of imide groups is 1. The molecule has 0 bridgehead atoms. The summed E-state index contributed by atoms with van der Waals surface area (Å²) in [7, 11) is 0. The molecule has 4 heteroatoms. The molecule has 0 aliphatic carbocycles. The van der Waals surface area contributed by atoms with Crippen molar-refractivity contribution in [3.05, 3.63) is 35.9 Å². The lowest BCUT2D eigenvalue weighted by Gasteiger charge is -2.12. The first-order chi connectivity index (χ1) is 8.75. The summed E-state index contributed by atoms with van der Waals surface area (Å²) in [4.78, 5) is 24.2. The third-order valence-electron chi connectivity index (χ3n) is 3.50. The van der Waals surface area contributed by atoms with Crippen LogP contribution in [0.25, 0.3) is 0 Å². The quantitative estimate of drug-likeness (QED) is 0.599. The molecule has 18 heavy (non-hydrogen) atoms. The summed E-state index contributed by atoms with van der Waals surface area (Å²) >= 11 is 0. The molecule has 1 aromatic rings. The molecule has 0 radical (unpaired) electrons. The van der Waals surface area contributed by atoms with Crippen LogP contribution in [0.2, 0.25) is 0 Å². The highest BCUT2D eigenvalue weighted by Crippen LogP contribution is 2.40. The summed E-state index contributed by atoms with van der Waals surface area (Å²) < 4.78 is 5.58. The van der Waals surface area contributed by atoms with Crippen LogP contribution in [0.1, 0.15) is 30.9 Å². The van der Waals surface area contributed by atoms with E-state index in [2.05, 4.69) is 0 Å². The van der Waals surface area contributed by atoms with E-state index in [0.717, 1.165) is 6.42 Å². The van der Waals surface area contributed by atoms with Gasteiger partial charge in [0.05, 0.1) is 6.10 Å². The molecule has 1 aromatic carbocycles. The fourth-order valence-electron chi connectivity index (χ4n) is 2.43. The van der Waals surface area contributed by atoms with Crippen molar-refractivity contribution in [2.45, 2.75) is 31.5 Å². The Balaban J connectivity index is 1.52. The molecule has 4 nitrogen and oxygen atoms in total. The van der Waals surface area contributed by atoms with Crippen LogP contribution in [0, 0.1) is 0 Å². The molecule has 2 saturated heterocycles. The molecule has 0 N–H and O–H groups in total. The van der Waals surface area contributed by atoms with E-state index in [1.165, 1.54) is 10.5 Å². The van der Waals surface area contributed by atoms with Crippen LogP contribution in [0.3, 0.4) is 0 Å². The van der Waals surface area contributed by atoms with Gasteiger partial charge >= 0.3 is 0 Å². The van der Waals surface area contributed by atoms with Crippen LogP contribution in [-0.2, 0) is 14.3 Å². The first-order valence-corrected chi connectivity index (χ1v) is 6.29. The predicted octanol–water partition coefficient (Wildman–Crippen LogP) is 1.67. The smallest absolute Gasteiger partial charge is 0.229 e. The Kier molecular flexibility index (Phi) is 2.88. The van der Waals surface area contributed by atoms with E-state index in [1.54, 1.807) is 0 Å². The first kappa shape index (κ1) is 11.4. The average Bonchev–Trinajstić information content (AvgIpc) is 3.10. The van der Waals surface area contributed by atoms with Gasteiger partial charge in [-0.05, 0) is 12.0 Å². The molecule has 2 amide bonds. The molecule has 2 aliphatic heterocycles. The number of hydrogen-bond acceptors (Lipinski definition) is 3. The van der Waals surface area contributed by atoms with Crippen molar-refractivity contribution in [2.75, 3.05) is 6.54 Å². The zero-order valence-electron chi connectivity index (χ0n) is 10.0. The van der Waals surface area contributed by atoms with Crippen LogP contribution in [0.5, 0.6) is 0 Å². The Hall–Kier alpha value is -1.68. The second-order valence-corrected chi connectivity index (χ2v) is 4.73. The van der Waals surface area contributed by atoms with E-state index in [4.69, 9.17) is 4.74 Å². The summed E-state index contributed by atoms with van der Waals surface area (Å²) in [6.07, 6.45) is 1.75. The molecule has 2 unspecified atom stereocenters. The van der Waals surface area contributed by atoms with Crippen molar-refractivity contribution in [1.29, 1.82) is 0 Å². The van der Waals surface area contributed by atoms with E-state index < -0.39 is 0 Å². The predicted molar refractivity (Wildman–Crippen MR) is 64.6 cm³/mol. The summed E-state index contributed by atoms with van der Waals surface area (Å²) in [5.74, 6) is -0.0891. The standard InChI is InChI=1S/C14H15NO3/c16-12-6-7-13(17)15(12)9-8-11-14(18-11)10-4-2-1-3-5-10/h1-5,11,14H,6-9H2. The Labute approximate surface area is 106 Å². The fourth-order valence-corrected chi connectivity index (χ4v) is 2.43. The van der Waals surface area contributed by atoms with E-state index in [9.17, 15) is 9.59 Å². The van der Waals surface area contributed by atoms with Crippen molar-refractivity contribution in [2.24, 2.45) is 0 Å². The summed E-state index contributed by atoms with van der Waals surface area (Å²) in [5.41, 5.74) is 1.17. The number of carbonyl (C=O) groups excluding carboxylic acids is 2. The highest BCUT2D eigenvalue weighted by Gasteiger charge is 2.41. The van der Waals surface area contributed by atoms with Crippen LogP contribution >= 0.6 is 0 Å². The zero-order valence-corrected chi connectivity index (χ0v) is 10.0. The van der Waals surface area contributed by atoms with Gasteiger partial charge in [-0.3, -0.25) is 14.5 Å². The van der Waals surface area contributed by atoms with Gasteiger partial charge in [-0.15, -0.1) is 0 Å². The largest absolute Gasteiger partial charge is 0.364 e. The Morgan fingerprint density at radius 1 is 1.11 bits per heavy atom. The zero-order chi connectivity index (χ0) is 12.5. The normalized spacial score (nSPS) is 26.8. The molecular formula is C14H15NO3. The number of nitrogens with zero attached hydrogens (tertiary/aromatic N) is 1. The molecule has 0 aromatic heterocycles. The van der Waals surface area contributed by atoms with Crippen LogP contribution in [0.4, 0.5) is 0 Å². The minimum atomic E-state index is -0.0445. The van der Waals surface area contributed by atoms with Crippen molar-refractivity contribution in [3.63, 3.8) is 0 Å². The summed E-state index contributed by atoms with van der Waals surface area (Å²) in [6.45, 7) is 0.492. The van der Waals surface area contributed by atoms with Crippen molar-refractivity contribution < 1.29 is 14.3 Å². The first-order valence-electron chi connectivity index (χ1n) is 6.29. The van der Waals surface area contributed by atoms with Gasteiger partial charge in [0.1, 0.15) is 6.10 Å². The minimum Gasteiger partial charge on any atom is -0.364 e. The Morgan fingerprint density at radius 3 is 2.44 bits per heavy atom. The number of hydrogen-bond donors (Lipinski definition) is 0. The third kappa shape index (κ3) is 2.16. The number of ether oxygens (including phenoxy) is 1. The lowest BCUT2D eigenvalue weighted by molar-refractivity contribution is -0.138. The van der Waals surface area contributed by atoms with Crippen molar-refractivity contribution in [1.82, 2.24) is 4.90 Å². The number of amides is 2. The lowest BCUT2D eigenvalue weighted by Crippen LogP contribution is -2.30. The highest BCUT2D eigenvalue weighted by atomic mass is 16.6. The van der Waals surface area contributed by atoms with Gasteiger partial charge in [0, 0.05) is 19.4 Å². The van der Waals surface area contributed by atoms with Crippen LogP contribution < -0.4 is 0 Å². The van der Waals surface area contributed by atoms with Gasteiger partial charge in [0.25, 0.3) is 0 Å². The molecule has 3 rings (SSSR count). The van der Waals surface area contributed by atoms with Crippen molar-refractivity contribution >= 4 is 11.8 Å². The molecule has 0 saturated carbocycles. The van der Waals surface area contributed by atoms with Gasteiger partial charge < -0.3 is 4.74 Å². The molecule has 2 fully saturated rings. The highest BCUT2D eigenvalue weighted by molar-refractivity contribution is 6.01. The molecule has 2 atom stereocenters. The topological polar surface area (TPSA) is 49.9 Å². The van der Waals surface area contributed by atoms with Gasteiger partial charge in [-0.2, -0.15) is 0 Å². The SMILES string of the molecule is O=C1CCC(=O)N1CCC1OC1c1ccccc1. The van der Waals surface area contributed by atoms with Gasteiger partial charge in [-0.1, -0.05) is 30.3 Å². The van der Waals surface area contributed by atoms with E-state index >= 15 is 0 Å². The van der Waals surface area contributed by atoms with E-state index in [1.807, 2.05) is 30.3 Å². The van der Waals surface area contributed by atoms with E-state index in [0.29, 0.717) is 19.4 Å². The minimum absolute atomic E-state index is 0.0445. The summed E-state index contributed by atoms with van der Waals surface area (Å²) in [5, 5.41) is 0. The van der Waals surface area contributed by atoms with Gasteiger partial charge in [0.2, 0.25) is 11.8 Å². The van der Waals surface area contributed by atoms with Crippen molar-refractivity contribution in [3.8, 4) is 0 Å². The molecule has 2 aliphatic rings. The third-order valence-corrected chi connectivity index (χ3v) is 3.50. The maximum absolute atomic E-state index is 11.4. The Bertz CT molecular complexity index is 455. The Morgan fingerprint density at radius 2 is 1.78 bits per heavy atom. The monoisotopic (exact) mass is 245 g/mol. The van der Waals surface area contributed by atoms with E-state index in [-0.39, 0.29) is 24.0 Å². The second-order valence-electron chi connectivity index (χ2n) is 4.73. The number of benzene rings is 1. The lowest BCUT2D eigenvalue weighted by atomic mass is 10.1. The van der Waals surface area contributed by atoms with Gasteiger partial charge in [-0.25, -0.2) is 0 Å². The number of carbonyl (C=O) groups is 2.